The minimum Gasteiger partial charge on any atom is -0.493 e. The highest BCUT2D eigenvalue weighted by atomic mass is 16.5. The Morgan fingerprint density at radius 3 is 2.48 bits per heavy atom. The number of anilines is 3. The Balaban J connectivity index is 1.18. The minimum atomic E-state index is -0.367. The molecule has 2 N–H and O–H groups in total. The van der Waals surface area contributed by atoms with E-state index < -0.39 is 0 Å². The summed E-state index contributed by atoms with van der Waals surface area (Å²) in [6, 6.07) is 21.0. The molecule has 10 heteroatoms. The van der Waals surface area contributed by atoms with Crippen molar-refractivity contribution in [1.82, 2.24) is 24.4 Å². The molecule has 1 saturated heterocycles. The number of para-hydroxylation sites is 1. The number of likely N-dealkylation sites (tertiary alicyclic amines) is 1. The van der Waals surface area contributed by atoms with E-state index >= 15 is 0 Å². The van der Waals surface area contributed by atoms with Crippen LogP contribution < -0.4 is 20.1 Å². The third-order valence-electron chi connectivity index (χ3n) is 8.00. The molecule has 0 bridgehead atoms. The highest BCUT2D eigenvalue weighted by Gasteiger charge is 2.19. The van der Waals surface area contributed by atoms with Crippen LogP contribution in [-0.4, -0.2) is 56.6 Å². The second-order valence-electron chi connectivity index (χ2n) is 11.5. The second kappa shape index (κ2) is 14.7. The molecule has 3 heterocycles. The monoisotopic (exact) mass is 617 g/mol. The molecule has 6 rings (SSSR count). The van der Waals surface area contributed by atoms with Gasteiger partial charge in [0.15, 0.2) is 0 Å². The molecule has 10 nitrogen and oxygen atoms in total. The summed E-state index contributed by atoms with van der Waals surface area (Å²) in [6.07, 6.45) is 11.7. The van der Waals surface area contributed by atoms with E-state index in [2.05, 4.69) is 30.5 Å². The van der Waals surface area contributed by atoms with Gasteiger partial charge in [-0.25, -0.2) is 9.97 Å². The van der Waals surface area contributed by atoms with E-state index in [1.807, 2.05) is 91.3 Å². The van der Waals surface area contributed by atoms with Crippen LogP contribution in [0.15, 0.2) is 91.6 Å². The molecular weight excluding hydrogens is 578 g/mol. The lowest BCUT2D eigenvalue weighted by Crippen LogP contribution is -2.31. The van der Waals surface area contributed by atoms with Crippen LogP contribution in [0.1, 0.15) is 47.2 Å². The van der Waals surface area contributed by atoms with Crippen LogP contribution in [-0.2, 0) is 0 Å². The van der Waals surface area contributed by atoms with Crippen molar-refractivity contribution < 1.29 is 14.3 Å². The molecular formula is C36H39N7O3. The lowest BCUT2D eigenvalue weighted by atomic mass is 10.1. The van der Waals surface area contributed by atoms with Gasteiger partial charge in [-0.3, -0.25) is 4.79 Å². The molecule has 1 aliphatic heterocycles. The van der Waals surface area contributed by atoms with E-state index in [9.17, 15) is 4.79 Å². The summed E-state index contributed by atoms with van der Waals surface area (Å²) in [5.74, 6) is 1.34. The fourth-order valence-electron chi connectivity index (χ4n) is 5.52. The maximum atomic E-state index is 13.6. The average Bonchev–Trinajstić information content (AvgIpc) is 3.61. The van der Waals surface area contributed by atoms with Crippen molar-refractivity contribution in [3.63, 3.8) is 0 Å². The van der Waals surface area contributed by atoms with Gasteiger partial charge < -0.3 is 29.6 Å². The Hall–Kier alpha value is -5.22. The number of imidazole rings is 1. The van der Waals surface area contributed by atoms with Gasteiger partial charge in [0.2, 0.25) is 11.8 Å². The third-order valence-corrected chi connectivity index (χ3v) is 8.00. The van der Waals surface area contributed by atoms with Gasteiger partial charge >= 0.3 is 0 Å². The van der Waals surface area contributed by atoms with Crippen molar-refractivity contribution in [3.05, 3.63) is 108 Å². The number of rotatable bonds is 12. The van der Waals surface area contributed by atoms with Gasteiger partial charge in [0.1, 0.15) is 17.1 Å². The first-order valence-electron chi connectivity index (χ1n) is 15.7. The number of carbonyl (C=O) groups is 1. The summed E-state index contributed by atoms with van der Waals surface area (Å²) >= 11 is 0. The molecule has 3 aromatic carbocycles. The Labute approximate surface area is 269 Å². The summed E-state index contributed by atoms with van der Waals surface area (Å²) in [6.45, 7) is 8.00. The first-order chi connectivity index (χ1) is 22.5. The first-order valence-corrected chi connectivity index (χ1v) is 15.7. The van der Waals surface area contributed by atoms with Crippen LogP contribution in [0.2, 0.25) is 0 Å². The molecule has 5 aromatic rings. The summed E-state index contributed by atoms with van der Waals surface area (Å²) in [7, 11) is 0. The zero-order valence-electron chi connectivity index (χ0n) is 26.3. The number of hydrogen-bond donors (Lipinski definition) is 2. The van der Waals surface area contributed by atoms with Gasteiger partial charge in [-0.15, -0.1) is 0 Å². The largest absolute Gasteiger partial charge is 0.493 e. The number of hydrogen-bond acceptors (Lipinski definition) is 8. The Bertz CT molecular complexity index is 1730. The lowest BCUT2D eigenvalue weighted by molar-refractivity contribution is 0.102. The van der Waals surface area contributed by atoms with E-state index in [0.717, 1.165) is 46.9 Å². The molecule has 46 heavy (non-hydrogen) atoms. The van der Waals surface area contributed by atoms with Crippen LogP contribution in [0.3, 0.4) is 0 Å². The number of aromatic nitrogens is 4. The first kappa shape index (κ1) is 30.8. The van der Waals surface area contributed by atoms with Crippen molar-refractivity contribution in [2.75, 3.05) is 36.9 Å². The molecule has 0 spiro atoms. The van der Waals surface area contributed by atoms with E-state index in [1.54, 1.807) is 12.5 Å². The number of nitrogens with one attached hydrogen (secondary N) is 2. The fraction of sp³-hybridized carbons (Fsp3) is 0.278. The highest BCUT2D eigenvalue weighted by Crippen LogP contribution is 2.29. The molecule has 2 aromatic heterocycles. The van der Waals surface area contributed by atoms with Gasteiger partial charge in [0.05, 0.1) is 12.9 Å². The fourth-order valence-corrected chi connectivity index (χ4v) is 5.52. The normalized spacial score (nSPS) is 13.3. The predicted molar refractivity (Wildman–Crippen MR) is 180 cm³/mol. The van der Waals surface area contributed by atoms with Crippen LogP contribution in [0.5, 0.6) is 17.4 Å². The maximum Gasteiger partial charge on any atom is 0.262 e. The third kappa shape index (κ3) is 7.89. The topological polar surface area (TPSA) is 106 Å². The van der Waals surface area contributed by atoms with Gasteiger partial charge in [0.25, 0.3) is 5.91 Å². The number of ether oxygens (including phenoxy) is 2. The summed E-state index contributed by atoms with van der Waals surface area (Å²) in [5.41, 5.74) is 4.56. The second-order valence-corrected chi connectivity index (χ2v) is 11.5. The molecule has 0 saturated carbocycles. The minimum absolute atomic E-state index is 0.127. The maximum absolute atomic E-state index is 13.6. The molecule has 0 unspecified atom stereocenters. The van der Waals surface area contributed by atoms with Crippen molar-refractivity contribution in [2.24, 2.45) is 0 Å². The van der Waals surface area contributed by atoms with Gasteiger partial charge in [-0.2, -0.15) is 4.98 Å². The quantitative estimate of drug-likeness (QED) is 0.140. The molecule has 0 radical (unpaired) electrons. The van der Waals surface area contributed by atoms with Crippen LogP contribution in [0, 0.1) is 13.8 Å². The molecule has 0 atom stereocenters. The van der Waals surface area contributed by atoms with Gasteiger partial charge in [0, 0.05) is 48.3 Å². The van der Waals surface area contributed by atoms with Crippen LogP contribution >= 0.6 is 0 Å². The summed E-state index contributed by atoms with van der Waals surface area (Å²) in [4.78, 5) is 29.3. The van der Waals surface area contributed by atoms with Crippen LogP contribution in [0.4, 0.5) is 17.3 Å². The molecule has 1 amide bonds. The van der Waals surface area contributed by atoms with Gasteiger partial charge in [-0.1, -0.05) is 30.7 Å². The van der Waals surface area contributed by atoms with Crippen molar-refractivity contribution in [1.29, 1.82) is 0 Å². The number of aryl methyl sites for hydroxylation is 2. The van der Waals surface area contributed by atoms with E-state index in [-0.39, 0.29) is 23.3 Å². The predicted octanol–water partition coefficient (Wildman–Crippen LogP) is 7.32. The van der Waals surface area contributed by atoms with E-state index in [0.29, 0.717) is 12.4 Å². The number of benzene rings is 3. The lowest BCUT2D eigenvalue weighted by Gasteiger charge is -2.26. The number of amides is 1. The van der Waals surface area contributed by atoms with E-state index in [4.69, 9.17) is 9.47 Å². The van der Waals surface area contributed by atoms with Crippen molar-refractivity contribution in [3.8, 4) is 23.1 Å². The molecule has 1 aliphatic rings. The molecule has 1 fully saturated rings. The highest BCUT2D eigenvalue weighted by molar-refractivity contribution is 6.06. The van der Waals surface area contributed by atoms with E-state index in [1.165, 1.54) is 38.5 Å². The average molecular weight is 618 g/mol. The standard InChI is InChI=1S/C36H39N7O3/c1-26-9-6-10-27(2)33(26)40-34(44)32-24-38-36(41-35(32)46-30-15-13-29(14-16-30)43-21-17-37-25-43)39-28-11-7-12-31(23-28)45-22-8-20-42-18-4-3-5-19-42/h6-7,9-17,21,23-25H,3-5,8,18-20,22H2,1-2H3,(H,40,44)(H,38,39,41). The number of piperidine rings is 1. The summed E-state index contributed by atoms with van der Waals surface area (Å²) < 4.78 is 14.2. The summed E-state index contributed by atoms with van der Waals surface area (Å²) in [5, 5.41) is 6.26. The van der Waals surface area contributed by atoms with Crippen molar-refractivity contribution in [2.45, 2.75) is 39.5 Å². The zero-order chi connectivity index (χ0) is 31.7. The Morgan fingerprint density at radius 2 is 1.72 bits per heavy atom. The Morgan fingerprint density at radius 1 is 0.935 bits per heavy atom. The smallest absolute Gasteiger partial charge is 0.262 e. The van der Waals surface area contributed by atoms with Crippen LogP contribution in [0.25, 0.3) is 5.69 Å². The van der Waals surface area contributed by atoms with Gasteiger partial charge in [-0.05, 0) is 93.7 Å². The Kier molecular flexibility index (Phi) is 9.84. The molecule has 236 valence electrons. The number of nitrogens with zero attached hydrogens (tertiary/aromatic N) is 5. The number of carbonyl (C=O) groups excluding carboxylic acids is 1. The SMILES string of the molecule is Cc1cccc(C)c1NC(=O)c1cnc(Nc2cccc(OCCCN3CCCCC3)c2)nc1Oc1ccc(-n2ccnc2)cc1. The van der Waals surface area contributed by atoms with Crippen molar-refractivity contribution >= 4 is 23.2 Å². The molecule has 0 aliphatic carbocycles. The zero-order valence-corrected chi connectivity index (χ0v) is 26.3.